The van der Waals surface area contributed by atoms with Gasteiger partial charge in [0.05, 0.1) is 0 Å². The zero-order chi connectivity index (χ0) is 16.2. The summed E-state index contributed by atoms with van der Waals surface area (Å²) >= 11 is 7.88. The van der Waals surface area contributed by atoms with Gasteiger partial charge < -0.3 is 4.90 Å². The Labute approximate surface area is 146 Å². The van der Waals surface area contributed by atoms with Crippen LogP contribution in [-0.4, -0.2) is 35.3 Å². The Morgan fingerprint density at radius 1 is 1.13 bits per heavy atom. The van der Waals surface area contributed by atoms with Crippen molar-refractivity contribution < 1.29 is 4.79 Å². The van der Waals surface area contributed by atoms with Gasteiger partial charge in [-0.05, 0) is 36.8 Å². The Morgan fingerprint density at radius 2 is 2.00 bits per heavy atom. The van der Waals surface area contributed by atoms with Crippen LogP contribution in [0.2, 0.25) is 5.02 Å². The predicted molar refractivity (Wildman–Crippen MR) is 95.8 cm³/mol. The second-order valence-corrected chi connectivity index (χ2v) is 7.79. The molecule has 122 valence electrons. The van der Waals surface area contributed by atoms with Crippen LogP contribution in [0.15, 0.2) is 36.4 Å². The highest BCUT2D eigenvalue weighted by Gasteiger charge is 2.21. The highest BCUT2D eigenvalue weighted by molar-refractivity contribution is 7.11. The molecular weight excluding hydrogens is 328 g/mol. The molecule has 3 rings (SSSR count). The second-order valence-electron chi connectivity index (χ2n) is 5.98. The van der Waals surface area contributed by atoms with Crippen LogP contribution < -0.4 is 0 Å². The summed E-state index contributed by atoms with van der Waals surface area (Å²) in [7, 11) is 0. The van der Waals surface area contributed by atoms with E-state index in [1.807, 2.05) is 40.5 Å². The molecule has 0 bridgehead atoms. The molecule has 0 unspecified atom stereocenters. The second kappa shape index (κ2) is 7.47. The molecule has 1 amide bonds. The Balaban J connectivity index is 1.60. The minimum Gasteiger partial charge on any atom is -0.337 e. The van der Waals surface area contributed by atoms with Gasteiger partial charge in [0, 0.05) is 53.9 Å². The van der Waals surface area contributed by atoms with E-state index in [1.54, 1.807) is 0 Å². The molecule has 0 spiro atoms. The molecule has 1 aliphatic rings. The zero-order valence-electron chi connectivity index (χ0n) is 13.3. The Morgan fingerprint density at radius 3 is 2.74 bits per heavy atom. The van der Waals surface area contributed by atoms with Crippen molar-refractivity contribution in [2.24, 2.45) is 0 Å². The zero-order valence-corrected chi connectivity index (χ0v) is 14.9. The van der Waals surface area contributed by atoms with Crippen molar-refractivity contribution in [1.82, 2.24) is 9.80 Å². The summed E-state index contributed by atoms with van der Waals surface area (Å²) in [6, 6.07) is 12.1. The normalized spacial score (nSPS) is 16.6. The van der Waals surface area contributed by atoms with Gasteiger partial charge in [-0.15, -0.1) is 11.3 Å². The van der Waals surface area contributed by atoms with Gasteiger partial charge in [-0.3, -0.25) is 9.69 Å². The first-order valence-electron chi connectivity index (χ1n) is 7.90. The molecule has 3 nitrogen and oxygen atoms in total. The average Bonchev–Trinajstić information content (AvgIpc) is 2.85. The van der Waals surface area contributed by atoms with Crippen LogP contribution in [-0.2, 0) is 17.9 Å². The molecule has 1 fully saturated rings. The Kier molecular flexibility index (Phi) is 5.36. The van der Waals surface area contributed by atoms with Gasteiger partial charge in [-0.1, -0.05) is 23.7 Å². The molecule has 23 heavy (non-hydrogen) atoms. The van der Waals surface area contributed by atoms with E-state index in [4.69, 9.17) is 11.6 Å². The number of carbonyl (C=O) groups is 1. The van der Waals surface area contributed by atoms with Gasteiger partial charge in [-0.2, -0.15) is 0 Å². The van der Waals surface area contributed by atoms with E-state index >= 15 is 0 Å². The van der Waals surface area contributed by atoms with E-state index in [0.29, 0.717) is 13.0 Å². The topological polar surface area (TPSA) is 23.6 Å². The van der Waals surface area contributed by atoms with Gasteiger partial charge in [0.25, 0.3) is 0 Å². The van der Waals surface area contributed by atoms with Gasteiger partial charge >= 0.3 is 0 Å². The fraction of sp³-hybridized carbons (Fsp3) is 0.389. The van der Waals surface area contributed by atoms with Gasteiger partial charge in [0.15, 0.2) is 0 Å². The van der Waals surface area contributed by atoms with Crippen molar-refractivity contribution >= 4 is 28.8 Å². The third-order valence-corrected chi connectivity index (χ3v) is 5.34. The van der Waals surface area contributed by atoms with E-state index in [1.165, 1.54) is 9.75 Å². The standard InChI is InChI=1S/C18H21ClN2OS/c1-14-5-6-17(23-14)13-20-8-7-18(22)21(10-9-20)12-15-3-2-4-16(19)11-15/h2-6,11H,7-10,12-13H2,1H3. The number of rotatable bonds is 4. The molecule has 1 saturated heterocycles. The molecule has 1 aromatic heterocycles. The van der Waals surface area contributed by atoms with Crippen molar-refractivity contribution in [3.05, 3.63) is 56.7 Å². The van der Waals surface area contributed by atoms with Crippen molar-refractivity contribution in [3.63, 3.8) is 0 Å². The molecule has 2 heterocycles. The maximum Gasteiger partial charge on any atom is 0.224 e. The van der Waals surface area contributed by atoms with E-state index in [-0.39, 0.29) is 5.91 Å². The number of benzene rings is 1. The third kappa shape index (κ3) is 4.56. The number of carbonyl (C=O) groups excluding carboxylic acids is 1. The van der Waals surface area contributed by atoms with Gasteiger partial charge in [0.1, 0.15) is 0 Å². The van der Waals surface area contributed by atoms with Crippen molar-refractivity contribution in [2.45, 2.75) is 26.4 Å². The van der Waals surface area contributed by atoms with Crippen LogP contribution >= 0.6 is 22.9 Å². The van der Waals surface area contributed by atoms with E-state index in [0.717, 1.165) is 36.8 Å². The van der Waals surface area contributed by atoms with Crippen molar-refractivity contribution in [3.8, 4) is 0 Å². The summed E-state index contributed by atoms with van der Waals surface area (Å²) in [6.45, 7) is 6.25. The molecule has 1 aromatic carbocycles. The summed E-state index contributed by atoms with van der Waals surface area (Å²) < 4.78 is 0. The molecular formula is C18H21ClN2OS. The monoisotopic (exact) mass is 348 g/mol. The predicted octanol–water partition coefficient (Wildman–Crippen LogP) is 3.94. The summed E-state index contributed by atoms with van der Waals surface area (Å²) in [4.78, 5) is 19.4. The number of thiophene rings is 1. The quantitative estimate of drug-likeness (QED) is 0.835. The van der Waals surface area contributed by atoms with Crippen LogP contribution in [0.4, 0.5) is 0 Å². The van der Waals surface area contributed by atoms with Gasteiger partial charge in [0.2, 0.25) is 5.91 Å². The summed E-state index contributed by atoms with van der Waals surface area (Å²) in [5.74, 6) is 0.231. The number of nitrogens with zero attached hydrogens (tertiary/aromatic N) is 2. The highest BCUT2D eigenvalue weighted by atomic mass is 35.5. The maximum absolute atomic E-state index is 12.4. The first-order chi connectivity index (χ1) is 11.1. The molecule has 2 aromatic rings. The molecule has 1 aliphatic heterocycles. The highest BCUT2D eigenvalue weighted by Crippen LogP contribution is 2.19. The van der Waals surface area contributed by atoms with Crippen LogP contribution in [0.3, 0.4) is 0 Å². The number of hydrogen-bond acceptors (Lipinski definition) is 3. The minimum atomic E-state index is 0.231. The van der Waals surface area contributed by atoms with Crippen LogP contribution in [0.1, 0.15) is 21.7 Å². The lowest BCUT2D eigenvalue weighted by Crippen LogP contribution is -2.32. The first kappa shape index (κ1) is 16.5. The first-order valence-corrected chi connectivity index (χ1v) is 9.09. The van der Waals surface area contributed by atoms with Crippen molar-refractivity contribution in [1.29, 1.82) is 0 Å². The molecule has 0 aliphatic carbocycles. The van der Waals surface area contributed by atoms with Crippen molar-refractivity contribution in [2.75, 3.05) is 19.6 Å². The Bertz CT molecular complexity index is 685. The largest absolute Gasteiger partial charge is 0.337 e. The maximum atomic E-state index is 12.4. The molecule has 0 radical (unpaired) electrons. The fourth-order valence-electron chi connectivity index (χ4n) is 2.88. The lowest BCUT2D eigenvalue weighted by Gasteiger charge is -2.22. The van der Waals surface area contributed by atoms with Crippen LogP contribution in [0.5, 0.6) is 0 Å². The fourth-order valence-corrected chi connectivity index (χ4v) is 4.03. The molecule has 0 N–H and O–H groups in total. The smallest absolute Gasteiger partial charge is 0.224 e. The Hall–Kier alpha value is -1.36. The molecule has 5 heteroatoms. The number of amides is 1. The number of aryl methyl sites for hydroxylation is 1. The average molecular weight is 349 g/mol. The lowest BCUT2D eigenvalue weighted by atomic mass is 10.2. The van der Waals surface area contributed by atoms with Gasteiger partial charge in [-0.25, -0.2) is 0 Å². The summed E-state index contributed by atoms with van der Waals surface area (Å²) in [6.07, 6.45) is 0.588. The number of halogens is 1. The SMILES string of the molecule is Cc1ccc(CN2CCC(=O)N(Cc3cccc(Cl)c3)CC2)s1. The summed E-state index contributed by atoms with van der Waals surface area (Å²) in [5.41, 5.74) is 1.09. The third-order valence-electron chi connectivity index (χ3n) is 4.12. The number of hydrogen-bond donors (Lipinski definition) is 0. The molecule has 0 saturated carbocycles. The summed E-state index contributed by atoms with van der Waals surface area (Å²) in [5, 5.41) is 0.722. The van der Waals surface area contributed by atoms with Crippen LogP contribution in [0.25, 0.3) is 0 Å². The van der Waals surface area contributed by atoms with Crippen LogP contribution in [0, 0.1) is 6.92 Å². The van der Waals surface area contributed by atoms with E-state index < -0.39 is 0 Å². The minimum absolute atomic E-state index is 0.231. The van der Waals surface area contributed by atoms with E-state index in [9.17, 15) is 4.79 Å². The van der Waals surface area contributed by atoms with E-state index in [2.05, 4.69) is 24.0 Å². The lowest BCUT2D eigenvalue weighted by molar-refractivity contribution is -0.130. The molecule has 0 atom stereocenters.